The van der Waals surface area contributed by atoms with Gasteiger partial charge in [-0.3, -0.25) is 4.79 Å². The normalized spacial score (nSPS) is 11.5. The summed E-state index contributed by atoms with van der Waals surface area (Å²) in [6.07, 6.45) is 3.17. The SMILES string of the molecule is COc1ccc(OC)c(C=CC(=O)Nc2cc(C(C)(C)C)nn2-c2ccccc2)c1. The Morgan fingerprint density at radius 3 is 2.40 bits per heavy atom. The number of methoxy groups -OCH3 is 2. The highest BCUT2D eigenvalue weighted by Gasteiger charge is 2.21. The maximum Gasteiger partial charge on any atom is 0.249 e. The predicted octanol–water partition coefficient (Wildman–Crippen LogP) is 4.84. The summed E-state index contributed by atoms with van der Waals surface area (Å²) in [6, 6.07) is 17.1. The Kier molecular flexibility index (Phi) is 6.26. The van der Waals surface area contributed by atoms with Gasteiger partial charge in [0.15, 0.2) is 0 Å². The molecule has 6 nitrogen and oxygen atoms in total. The van der Waals surface area contributed by atoms with E-state index in [-0.39, 0.29) is 11.3 Å². The van der Waals surface area contributed by atoms with E-state index in [9.17, 15) is 4.79 Å². The molecule has 30 heavy (non-hydrogen) atoms. The lowest BCUT2D eigenvalue weighted by atomic mass is 9.92. The van der Waals surface area contributed by atoms with Crippen LogP contribution in [0, 0.1) is 0 Å². The number of ether oxygens (including phenoxy) is 2. The van der Waals surface area contributed by atoms with Gasteiger partial charge in [0, 0.05) is 23.1 Å². The summed E-state index contributed by atoms with van der Waals surface area (Å²) in [5.41, 5.74) is 2.37. The Hall–Kier alpha value is -3.54. The zero-order valence-electron chi connectivity index (χ0n) is 18.0. The summed E-state index contributed by atoms with van der Waals surface area (Å²) in [7, 11) is 3.19. The van der Waals surface area contributed by atoms with Gasteiger partial charge >= 0.3 is 0 Å². The van der Waals surface area contributed by atoms with Gasteiger partial charge in [-0.15, -0.1) is 0 Å². The number of aromatic nitrogens is 2. The number of para-hydroxylation sites is 1. The van der Waals surface area contributed by atoms with Crippen LogP contribution in [0.15, 0.2) is 60.7 Å². The zero-order chi connectivity index (χ0) is 21.7. The van der Waals surface area contributed by atoms with Gasteiger partial charge in [-0.1, -0.05) is 39.0 Å². The molecular formula is C24H27N3O3. The van der Waals surface area contributed by atoms with Crippen LogP contribution < -0.4 is 14.8 Å². The molecule has 0 aliphatic rings. The van der Waals surface area contributed by atoms with Crippen molar-refractivity contribution in [3.63, 3.8) is 0 Å². The third-order valence-corrected chi connectivity index (χ3v) is 4.58. The maximum atomic E-state index is 12.7. The molecule has 0 aliphatic carbocycles. The summed E-state index contributed by atoms with van der Waals surface area (Å²) >= 11 is 0. The first-order chi connectivity index (χ1) is 14.3. The summed E-state index contributed by atoms with van der Waals surface area (Å²) in [6.45, 7) is 6.27. The van der Waals surface area contributed by atoms with E-state index in [1.54, 1.807) is 31.0 Å². The van der Waals surface area contributed by atoms with Gasteiger partial charge in [0.2, 0.25) is 5.91 Å². The van der Waals surface area contributed by atoms with Gasteiger partial charge in [-0.25, -0.2) is 4.68 Å². The van der Waals surface area contributed by atoms with Crippen molar-refractivity contribution >= 4 is 17.8 Å². The molecule has 0 bridgehead atoms. The topological polar surface area (TPSA) is 65.4 Å². The average Bonchev–Trinajstić information content (AvgIpc) is 3.17. The van der Waals surface area contributed by atoms with Gasteiger partial charge < -0.3 is 14.8 Å². The second-order valence-corrected chi connectivity index (χ2v) is 7.84. The second kappa shape index (κ2) is 8.86. The Morgan fingerprint density at radius 1 is 1.03 bits per heavy atom. The molecule has 156 valence electrons. The largest absolute Gasteiger partial charge is 0.497 e. The van der Waals surface area contributed by atoms with Crippen molar-refractivity contribution in [2.45, 2.75) is 26.2 Å². The van der Waals surface area contributed by atoms with Gasteiger partial charge in [0.05, 0.1) is 25.6 Å². The molecule has 2 aromatic carbocycles. The predicted molar refractivity (Wildman–Crippen MR) is 119 cm³/mol. The number of carbonyl (C=O) groups excluding carboxylic acids is 1. The minimum Gasteiger partial charge on any atom is -0.497 e. The Morgan fingerprint density at radius 2 is 1.77 bits per heavy atom. The standard InChI is InChI=1S/C24H27N3O3/c1-24(2,3)21-16-22(27(26-21)18-9-7-6-8-10-18)25-23(28)14-11-17-15-19(29-4)12-13-20(17)30-5/h6-16H,1-5H3,(H,25,28). The van der Waals surface area contributed by atoms with Gasteiger partial charge in [0.1, 0.15) is 17.3 Å². The smallest absolute Gasteiger partial charge is 0.249 e. The minimum atomic E-state index is -0.266. The molecule has 3 rings (SSSR count). The van der Waals surface area contributed by atoms with Crippen molar-refractivity contribution in [3.05, 3.63) is 71.9 Å². The molecule has 1 heterocycles. The molecule has 0 unspecified atom stereocenters. The van der Waals surface area contributed by atoms with Crippen LogP contribution in [0.25, 0.3) is 11.8 Å². The number of benzene rings is 2. The highest BCUT2D eigenvalue weighted by atomic mass is 16.5. The van der Waals surface area contributed by atoms with Crippen LogP contribution in [0.1, 0.15) is 32.0 Å². The summed E-state index contributed by atoms with van der Waals surface area (Å²) < 4.78 is 12.4. The molecule has 0 spiro atoms. The van der Waals surface area contributed by atoms with Crippen molar-refractivity contribution in [3.8, 4) is 17.2 Å². The lowest BCUT2D eigenvalue weighted by molar-refractivity contribution is -0.111. The second-order valence-electron chi connectivity index (χ2n) is 7.84. The summed E-state index contributed by atoms with van der Waals surface area (Å²) in [5, 5.41) is 7.65. The number of carbonyl (C=O) groups is 1. The van der Waals surface area contributed by atoms with E-state index in [2.05, 4.69) is 26.1 Å². The minimum absolute atomic E-state index is 0.149. The van der Waals surface area contributed by atoms with Crippen LogP contribution in [0.5, 0.6) is 11.5 Å². The molecule has 1 N–H and O–H groups in total. The molecule has 0 aliphatic heterocycles. The number of nitrogens with one attached hydrogen (secondary N) is 1. The van der Waals surface area contributed by atoms with Crippen LogP contribution in [-0.4, -0.2) is 29.9 Å². The van der Waals surface area contributed by atoms with E-state index >= 15 is 0 Å². The Bertz CT molecular complexity index is 1050. The Labute approximate surface area is 177 Å². The number of nitrogens with zero attached hydrogens (tertiary/aromatic N) is 2. The first kappa shape index (κ1) is 21.2. The fourth-order valence-corrected chi connectivity index (χ4v) is 2.91. The van der Waals surface area contributed by atoms with E-state index in [0.717, 1.165) is 16.9 Å². The fourth-order valence-electron chi connectivity index (χ4n) is 2.91. The molecule has 0 atom stereocenters. The molecule has 1 aromatic heterocycles. The van der Waals surface area contributed by atoms with Crippen molar-refractivity contribution < 1.29 is 14.3 Å². The number of hydrogen-bond donors (Lipinski definition) is 1. The maximum absolute atomic E-state index is 12.7. The quantitative estimate of drug-likeness (QED) is 0.596. The first-order valence-corrected chi connectivity index (χ1v) is 9.69. The van der Waals surface area contributed by atoms with E-state index in [1.165, 1.54) is 6.08 Å². The molecule has 0 saturated heterocycles. The third-order valence-electron chi connectivity index (χ3n) is 4.58. The average molecular weight is 405 g/mol. The van der Waals surface area contributed by atoms with Gasteiger partial charge in [0.25, 0.3) is 0 Å². The molecule has 0 saturated carbocycles. The number of rotatable bonds is 6. The van der Waals surface area contributed by atoms with Crippen molar-refractivity contribution in [2.75, 3.05) is 19.5 Å². The van der Waals surface area contributed by atoms with Crippen LogP contribution in [-0.2, 0) is 10.2 Å². The Balaban J connectivity index is 1.88. The molecule has 1 amide bonds. The molecular weight excluding hydrogens is 378 g/mol. The lowest BCUT2D eigenvalue weighted by Crippen LogP contribution is -2.13. The van der Waals surface area contributed by atoms with Crippen LogP contribution in [0.3, 0.4) is 0 Å². The van der Waals surface area contributed by atoms with Crippen LogP contribution in [0.2, 0.25) is 0 Å². The van der Waals surface area contributed by atoms with Crippen molar-refractivity contribution in [1.82, 2.24) is 9.78 Å². The van der Waals surface area contributed by atoms with Gasteiger partial charge in [-0.05, 0) is 36.4 Å². The lowest BCUT2D eigenvalue weighted by Gasteiger charge is -2.14. The van der Waals surface area contributed by atoms with Gasteiger partial charge in [-0.2, -0.15) is 5.10 Å². The first-order valence-electron chi connectivity index (χ1n) is 9.69. The molecule has 0 fully saturated rings. The van der Waals surface area contributed by atoms with Crippen LogP contribution in [0.4, 0.5) is 5.82 Å². The molecule has 0 radical (unpaired) electrons. The van der Waals surface area contributed by atoms with E-state index < -0.39 is 0 Å². The monoisotopic (exact) mass is 405 g/mol. The number of hydrogen-bond acceptors (Lipinski definition) is 4. The third kappa shape index (κ3) is 4.89. The summed E-state index contributed by atoms with van der Waals surface area (Å²) in [5.74, 6) is 1.69. The highest BCUT2D eigenvalue weighted by molar-refractivity contribution is 6.01. The van der Waals surface area contributed by atoms with Crippen molar-refractivity contribution in [1.29, 1.82) is 0 Å². The molecule has 6 heteroatoms. The van der Waals surface area contributed by atoms with E-state index in [1.807, 2.05) is 48.5 Å². The fraction of sp³-hybridized carbons (Fsp3) is 0.250. The van der Waals surface area contributed by atoms with E-state index in [4.69, 9.17) is 14.6 Å². The van der Waals surface area contributed by atoms with Crippen molar-refractivity contribution in [2.24, 2.45) is 0 Å². The number of amides is 1. The summed E-state index contributed by atoms with van der Waals surface area (Å²) in [4.78, 5) is 12.7. The molecule has 3 aromatic rings. The van der Waals surface area contributed by atoms with Crippen LogP contribution >= 0.6 is 0 Å². The van der Waals surface area contributed by atoms with E-state index in [0.29, 0.717) is 17.3 Å². The zero-order valence-corrected chi connectivity index (χ0v) is 18.0. The number of anilines is 1. The highest BCUT2D eigenvalue weighted by Crippen LogP contribution is 2.27.